The monoisotopic (exact) mass is 469 g/mol. The number of amides is 1. The predicted octanol–water partition coefficient (Wildman–Crippen LogP) is 6.39. The number of ether oxygens (including phenoxy) is 2. The molecule has 1 aliphatic heterocycles. The largest absolute Gasteiger partial charge is 0.493 e. The van der Waals surface area contributed by atoms with Crippen LogP contribution in [-0.4, -0.2) is 37.7 Å². The van der Waals surface area contributed by atoms with Gasteiger partial charge in [-0.05, 0) is 79.3 Å². The first kappa shape index (κ1) is 25.9. The molecule has 0 saturated carbocycles. The molecule has 0 bridgehead atoms. The molecule has 0 aliphatic carbocycles. The first-order chi connectivity index (χ1) is 15.1. The third-order valence-electron chi connectivity index (χ3n) is 5.47. The van der Waals surface area contributed by atoms with Crippen molar-refractivity contribution < 1.29 is 27.4 Å². The van der Waals surface area contributed by atoms with E-state index in [0.29, 0.717) is 23.5 Å². The highest BCUT2D eigenvalue weighted by Gasteiger charge is 2.46. The zero-order chi connectivity index (χ0) is 24.2. The van der Waals surface area contributed by atoms with Gasteiger partial charge in [0.25, 0.3) is 0 Å². The summed E-state index contributed by atoms with van der Waals surface area (Å²) in [5, 5.41) is -0.829. The summed E-state index contributed by atoms with van der Waals surface area (Å²) in [4.78, 5) is 13.9. The molecule has 32 heavy (non-hydrogen) atoms. The Hall–Kier alpha value is -2.35. The number of alkyl halides is 3. The van der Waals surface area contributed by atoms with Gasteiger partial charge in [0.15, 0.2) is 11.5 Å². The number of fused-ring (bicyclic) bond motifs is 1. The molecule has 3 rings (SSSR count). The number of hydrogen-bond donors (Lipinski definition) is 0. The van der Waals surface area contributed by atoms with E-state index in [1.165, 1.54) is 26.0 Å². The number of halogens is 3. The number of thioether (sulfide) groups is 1. The molecule has 2 aromatic carbocycles. The molecular weight excluding hydrogens is 439 g/mol. The molecule has 0 aromatic heterocycles. The summed E-state index contributed by atoms with van der Waals surface area (Å²) in [5.41, 5.74) is 4.71. The van der Waals surface area contributed by atoms with Crippen molar-refractivity contribution in [3.8, 4) is 11.5 Å². The van der Waals surface area contributed by atoms with Crippen molar-refractivity contribution in [1.29, 1.82) is 0 Å². The molecule has 8 heteroatoms. The number of rotatable bonds is 4. The minimum absolute atomic E-state index is 0.0255. The van der Waals surface area contributed by atoms with E-state index in [4.69, 9.17) is 9.47 Å². The second kappa shape index (κ2) is 10.5. The van der Waals surface area contributed by atoms with Gasteiger partial charge in [-0.15, -0.1) is 0 Å². The molecule has 2 aromatic rings. The first-order valence-electron chi connectivity index (χ1n) is 10.4. The highest BCUT2D eigenvalue weighted by atomic mass is 32.2. The summed E-state index contributed by atoms with van der Waals surface area (Å²) in [5.74, 6) is -0.905. The van der Waals surface area contributed by atoms with Crippen LogP contribution in [0.1, 0.15) is 47.0 Å². The first-order valence-corrected chi connectivity index (χ1v) is 11.3. The summed E-state index contributed by atoms with van der Waals surface area (Å²) in [6.07, 6.45) is -4.63. The number of aryl methyl sites for hydroxylation is 2. The van der Waals surface area contributed by atoms with Crippen molar-refractivity contribution in [3.63, 3.8) is 0 Å². The average molecular weight is 470 g/mol. The Kier molecular flexibility index (Phi) is 8.51. The normalized spacial score (nSPS) is 15.4. The standard InChI is InChI=1S/C22H24F3NO3S.C2H6/c1-12-8-16(9-13(2)14(12)3)30-20-17-11-19(29-5)18(28-4)10-15(17)6-7-26(20)21(27)22(23,24)25;1-2/h8-11,20H,6-7H2,1-5H3;1-2H3. The van der Waals surface area contributed by atoms with Crippen molar-refractivity contribution in [2.45, 2.75) is 57.5 Å². The van der Waals surface area contributed by atoms with Gasteiger partial charge in [-0.3, -0.25) is 4.79 Å². The number of carbonyl (C=O) groups is 1. The van der Waals surface area contributed by atoms with Crippen LogP contribution < -0.4 is 9.47 Å². The molecule has 0 N–H and O–H groups in total. The smallest absolute Gasteiger partial charge is 0.471 e. The Bertz CT molecular complexity index is 953. The van der Waals surface area contributed by atoms with E-state index in [0.717, 1.165) is 32.0 Å². The highest BCUT2D eigenvalue weighted by molar-refractivity contribution is 7.99. The summed E-state index contributed by atoms with van der Waals surface area (Å²) < 4.78 is 50.7. The number of benzene rings is 2. The average Bonchev–Trinajstić information content (AvgIpc) is 2.76. The molecule has 0 saturated heterocycles. The van der Waals surface area contributed by atoms with Gasteiger partial charge >= 0.3 is 12.1 Å². The van der Waals surface area contributed by atoms with Gasteiger partial charge in [0, 0.05) is 11.4 Å². The second-order valence-electron chi connectivity index (χ2n) is 7.30. The SMILES string of the molecule is CC.COc1cc2c(cc1OC)C(Sc1cc(C)c(C)c(C)c1)N(C(=O)C(F)(F)F)CC2. The van der Waals surface area contributed by atoms with Gasteiger partial charge in [0.1, 0.15) is 5.37 Å². The van der Waals surface area contributed by atoms with E-state index in [1.54, 1.807) is 12.1 Å². The molecule has 0 fully saturated rings. The fraction of sp³-hybridized carbons (Fsp3) is 0.458. The van der Waals surface area contributed by atoms with Crippen LogP contribution in [0.2, 0.25) is 0 Å². The van der Waals surface area contributed by atoms with E-state index >= 15 is 0 Å². The topological polar surface area (TPSA) is 38.8 Å². The lowest BCUT2D eigenvalue weighted by molar-refractivity contribution is -0.186. The molecule has 1 heterocycles. The molecular formula is C24H30F3NO3S. The van der Waals surface area contributed by atoms with Crippen molar-refractivity contribution in [2.24, 2.45) is 0 Å². The van der Waals surface area contributed by atoms with Crippen molar-refractivity contribution in [3.05, 3.63) is 52.1 Å². The van der Waals surface area contributed by atoms with Crippen LogP contribution in [0.5, 0.6) is 11.5 Å². The lowest BCUT2D eigenvalue weighted by Gasteiger charge is -2.37. The Morgan fingerprint density at radius 2 is 1.53 bits per heavy atom. The molecule has 0 radical (unpaired) electrons. The lowest BCUT2D eigenvalue weighted by Crippen LogP contribution is -2.45. The van der Waals surface area contributed by atoms with Crippen LogP contribution in [-0.2, 0) is 11.2 Å². The summed E-state index contributed by atoms with van der Waals surface area (Å²) in [7, 11) is 2.98. The molecule has 1 unspecified atom stereocenters. The molecule has 0 spiro atoms. The van der Waals surface area contributed by atoms with E-state index in [1.807, 2.05) is 46.8 Å². The maximum absolute atomic E-state index is 13.3. The third kappa shape index (κ3) is 5.34. The van der Waals surface area contributed by atoms with Crippen LogP contribution in [0, 0.1) is 20.8 Å². The fourth-order valence-corrected chi connectivity index (χ4v) is 5.02. The van der Waals surface area contributed by atoms with Gasteiger partial charge in [-0.2, -0.15) is 13.2 Å². The van der Waals surface area contributed by atoms with Crippen LogP contribution in [0.15, 0.2) is 29.2 Å². The van der Waals surface area contributed by atoms with Crippen molar-refractivity contribution >= 4 is 17.7 Å². The molecule has 176 valence electrons. The van der Waals surface area contributed by atoms with Crippen LogP contribution in [0.3, 0.4) is 0 Å². The minimum Gasteiger partial charge on any atom is -0.493 e. The fourth-order valence-electron chi connectivity index (χ4n) is 3.60. The maximum atomic E-state index is 13.3. The number of nitrogens with zero attached hydrogens (tertiary/aromatic N) is 1. The number of methoxy groups -OCH3 is 2. The van der Waals surface area contributed by atoms with Gasteiger partial charge in [0.2, 0.25) is 0 Å². The van der Waals surface area contributed by atoms with E-state index in [2.05, 4.69) is 0 Å². The quantitative estimate of drug-likeness (QED) is 0.520. The Morgan fingerprint density at radius 1 is 1.00 bits per heavy atom. The highest BCUT2D eigenvalue weighted by Crippen LogP contribution is 2.47. The summed E-state index contributed by atoms with van der Waals surface area (Å²) in [6, 6.07) is 7.34. The molecule has 1 aliphatic rings. The zero-order valence-electron chi connectivity index (χ0n) is 19.5. The van der Waals surface area contributed by atoms with E-state index < -0.39 is 17.5 Å². The molecule has 1 atom stereocenters. The van der Waals surface area contributed by atoms with Crippen LogP contribution >= 0.6 is 11.8 Å². The Morgan fingerprint density at radius 3 is 2.03 bits per heavy atom. The minimum atomic E-state index is -4.94. The summed E-state index contributed by atoms with van der Waals surface area (Å²) >= 11 is 1.24. The maximum Gasteiger partial charge on any atom is 0.471 e. The predicted molar refractivity (Wildman–Crippen MR) is 122 cm³/mol. The second-order valence-corrected chi connectivity index (χ2v) is 8.46. The molecule has 1 amide bonds. The van der Waals surface area contributed by atoms with Crippen LogP contribution in [0.4, 0.5) is 13.2 Å². The van der Waals surface area contributed by atoms with Gasteiger partial charge < -0.3 is 14.4 Å². The Balaban J connectivity index is 0.00000176. The van der Waals surface area contributed by atoms with Gasteiger partial charge in [0.05, 0.1) is 14.2 Å². The lowest BCUT2D eigenvalue weighted by atomic mass is 9.98. The number of carbonyl (C=O) groups excluding carboxylic acids is 1. The zero-order valence-corrected chi connectivity index (χ0v) is 20.3. The van der Waals surface area contributed by atoms with Gasteiger partial charge in [-0.1, -0.05) is 25.6 Å². The van der Waals surface area contributed by atoms with Crippen molar-refractivity contribution in [2.75, 3.05) is 20.8 Å². The van der Waals surface area contributed by atoms with E-state index in [9.17, 15) is 18.0 Å². The van der Waals surface area contributed by atoms with Crippen molar-refractivity contribution in [1.82, 2.24) is 4.90 Å². The summed E-state index contributed by atoms with van der Waals surface area (Å²) in [6.45, 7) is 9.91. The van der Waals surface area contributed by atoms with Gasteiger partial charge in [-0.25, -0.2) is 0 Å². The molecule has 4 nitrogen and oxygen atoms in total. The van der Waals surface area contributed by atoms with Crippen LogP contribution in [0.25, 0.3) is 0 Å². The Labute approximate surface area is 192 Å². The number of hydrogen-bond acceptors (Lipinski definition) is 4. The third-order valence-corrected chi connectivity index (χ3v) is 6.71. The van der Waals surface area contributed by atoms with E-state index in [-0.39, 0.29) is 6.54 Å².